The summed E-state index contributed by atoms with van der Waals surface area (Å²) in [5, 5.41) is 6.02. The van der Waals surface area contributed by atoms with Crippen LogP contribution in [0.3, 0.4) is 0 Å². The third kappa shape index (κ3) is 4.31. The molecule has 0 unspecified atom stereocenters. The summed E-state index contributed by atoms with van der Waals surface area (Å²) in [6, 6.07) is 4.21. The summed E-state index contributed by atoms with van der Waals surface area (Å²) < 4.78 is 49.2. The van der Waals surface area contributed by atoms with E-state index in [0.717, 1.165) is 10.4 Å². The Hall–Kier alpha value is -2.92. The van der Waals surface area contributed by atoms with Gasteiger partial charge in [-0.3, -0.25) is 0 Å². The van der Waals surface area contributed by atoms with E-state index in [1.54, 1.807) is 6.92 Å². The number of fused-ring (bicyclic) bond motifs is 1. The predicted octanol–water partition coefficient (Wildman–Crippen LogP) is 5.09. The van der Waals surface area contributed by atoms with Gasteiger partial charge < -0.3 is 19.8 Å². The molecule has 6 nitrogen and oxygen atoms in total. The molecule has 0 aliphatic carbocycles. The number of alkyl halides is 3. The average Bonchev–Trinajstić information content (AvgIpc) is 2.92. The van der Waals surface area contributed by atoms with Crippen LogP contribution in [0, 0.1) is 13.8 Å². The van der Waals surface area contributed by atoms with Gasteiger partial charge in [0.15, 0.2) is 5.11 Å². The summed E-state index contributed by atoms with van der Waals surface area (Å²) in [7, 11) is 1.27. The van der Waals surface area contributed by atoms with Gasteiger partial charge in [0, 0.05) is 28.1 Å². The van der Waals surface area contributed by atoms with E-state index in [0.29, 0.717) is 22.3 Å². The van der Waals surface area contributed by atoms with Crippen LogP contribution in [0.25, 0.3) is 11.0 Å². The zero-order valence-corrected chi connectivity index (χ0v) is 17.5. The minimum Gasteiger partial charge on any atom is -0.465 e. The van der Waals surface area contributed by atoms with Gasteiger partial charge in [-0.15, -0.1) is 11.3 Å². The Morgan fingerprint density at radius 1 is 1.20 bits per heavy atom. The molecule has 0 amide bonds. The summed E-state index contributed by atoms with van der Waals surface area (Å²) in [4.78, 5) is 24.5. The number of ether oxygens (including phenoxy) is 1. The molecule has 0 bridgehead atoms. The SMILES string of the molecule is COC(=O)c1c(NC(=S)Nc2ccc3c(C(F)(F)F)cc(=O)oc3c2)sc(C)c1C. The Balaban J connectivity index is 1.89. The van der Waals surface area contributed by atoms with E-state index in [1.807, 2.05) is 6.92 Å². The Morgan fingerprint density at radius 2 is 1.90 bits per heavy atom. The van der Waals surface area contributed by atoms with Crippen molar-refractivity contribution < 1.29 is 27.1 Å². The third-order valence-corrected chi connectivity index (χ3v) is 5.64. The van der Waals surface area contributed by atoms with E-state index in [4.69, 9.17) is 21.4 Å². The monoisotopic (exact) mass is 456 g/mol. The molecule has 0 saturated carbocycles. The van der Waals surface area contributed by atoms with Gasteiger partial charge in [0.1, 0.15) is 10.6 Å². The van der Waals surface area contributed by atoms with Gasteiger partial charge in [0.05, 0.1) is 18.2 Å². The lowest BCUT2D eigenvalue weighted by molar-refractivity contribution is -0.136. The molecule has 3 rings (SSSR count). The molecule has 0 saturated heterocycles. The molecule has 11 heteroatoms. The quantitative estimate of drug-likeness (QED) is 0.323. The minimum absolute atomic E-state index is 0.0927. The second-order valence-corrected chi connectivity index (χ2v) is 7.88. The highest BCUT2D eigenvalue weighted by atomic mass is 32.1. The minimum atomic E-state index is -4.70. The summed E-state index contributed by atoms with van der Waals surface area (Å²) in [6.07, 6.45) is -4.70. The molecule has 0 spiro atoms. The molecule has 0 aliphatic rings. The number of carbonyl (C=O) groups excluding carboxylic acids is 1. The zero-order valence-electron chi connectivity index (χ0n) is 15.9. The number of esters is 1. The summed E-state index contributed by atoms with van der Waals surface area (Å²) in [5.74, 6) is -0.519. The Kier molecular flexibility index (Phi) is 5.86. The number of halogens is 3. The number of thiophene rings is 1. The van der Waals surface area contributed by atoms with Crippen molar-refractivity contribution >= 4 is 56.3 Å². The molecule has 0 aliphatic heterocycles. The van der Waals surface area contributed by atoms with Crippen LogP contribution in [0.5, 0.6) is 0 Å². The van der Waals surface area contributed by atoms with Crippen LogP contribution < -0.4 is 16.3 Å². The van der Waals surface area contributed by atoms with Crippen molar-refractivity contribution in [1.29, 1.82) is 0 Å². The van der Waals surface area contributed by atoms with Crippen molar-refractivity contribution in [3.8, 4) is 0 Å². The number of methoxy groups -OCH3 is 1. The molecular formula is C19H15F3N2O4S2. The molecule has 0 atom stereocenters. The highest BCUT2D eigenvalue weighted by molar-refractivity contribution is 7.80. The lowest BCUT2D eigenvalue weighted by Crippen LogP contribution is -2.20. The molecule has 30 heavy (non-hydrogen) atoms. The fourth-order valence-corrected chi connectivity index (χ4v) is 4.14. The van der Waals surface area contributed by atoms with E-state index in [1.165, 1.54) is 36.6 Å². The van der Waals surface area contributed by atoms with Gasteiger partial charge in [-0.1, -0.05) is 0 Å². The van der Waals surface area contributed by atoms with Crippen molar-refractivity contribution in [1.82, 2.24) is 0 Å². The maximum absolute atomic E-state index is 13.2. The van der Waals surface area contributed by atoms with Gasteiger partial charge in [0.25, 0.3) is 0 Å². The molecule has 1 aromatic carbocycles. The second-order valence-electron chi connectivity index (χ2n) is 6.25. The van der Waals surface area contributed by atoms with Crippen LogP contribution in [0.15, 0.2) is 33.5 Å². The fourth-order valence-electron chi connectivity index (χ4n) is 2.80. The normalized spacial score (nSPS) is 11.4. The van der Waals surface area contributed by atoms with Crippen LogP contribution in [-0.4, -0.2) is 18.2 Å². The average molecular weight is 456 g/mol. The number of thiocarbonyl (C=S) groups is 1. The molecule has 0 fully saturated rings. The van der Waals surface area contributed by atoms with Crippen LogP contribution in [0.4, 0.5) is 23.9 Å². The molecule has 2 heterocycles. The summed E-state index contributed by atoms with van der Waals surface area (Å²) in [5.41, 5.74) is -1.02. The summed E-state index contributed by atoms with van der Waals surface area (Å²) in [6.45, 7) is 3.63. The summed E-state index contributed by atoms with van der Waals surface area (Å²) >= 11 is 6.56. The Morgan fingerprint density at radius 3 is 2.53 bits per heavy atom. The highest BCUT2D eigenvalue weighted by Gasteiger charge is 2.33. The van der Waals surface area contributed by atoms with Gasteiger partial charge >= 0.3 is 17.8 Å². The van der Waals surface area contributed by atoms with Crippen LogP contribution in [0.1, 0.15) is 26.4 Å². The van der Waals surface area contributed by atoms with Gasteiger partial charge in [-0.25, -0.2) is 9.59 Å². The number of hydrogen-bond donors (Lipinski definition) is 2. The van der Waals surface area contributed by atoms with Crippen molar-refractivity contribution in [2.24, 2.45) is 0 Å². The number of nitrogens with one attached hydrogen (secondary N) is 2. The first-order valence-corrected chi connectivity index (χ1v) is 9.65. The maximum atomic E-state index is 13.2. The van der Waals surface area contributed by atoms with E-state index in [9.17, 15) is 22.8 Å². The Bertz CT molecular complexity index is 1210. The smallest absolute Gasteiger partial charge is 0.417 e. The van der Waals surface area contributed by atoms with Gasteiger partial charge in [0.2, 0.25) is 0 Å². The molecule has 3 aromatic rings. The molecular weight excluding hydrogens is 441 g/mol. The number of carbonyl (C=O) groups is 1. The first-order chi connectivity index (χ1) is 14.0. The first kappa shape index (κ1) is 21.8. The maximum Gasteiger partial charge on any atom is 0.417 e. The standard InChI is InChI=1S/C19H15F3N2O4S2/c1-8-9(2)30-16(15(8)17(26)27-3)24-18(29)23-10-4-5-11-12(19(20,21)22)7-14(25)28-13(11)6-10/h4-7H,1-3H3,(H2,23,24,29). The number of benzene rings is 1. The van der Waals surface area contributed by atoms with E-state index in [2.05, 4.69) is 10.6 Å². The van der Waals surface area contributed by atoms with Crippen molar-refractivity contribution in [3.05, 3.63) is 56.3 Å². The van der Waals surface area contributed by atoms with Gasteiger partial charge in [-0.2, -0.15) is 13.2 Å². The first-order valence-electron chi connectivity index (χ1n) is 8.42. The number of hydrogen-bond acceptors (Lipinski definition) is 6. The van der Waals surface area contributed by atoms with E-state index >= 15 is 0 Å². The zero-order chi connectivity index (χ0) is 22.2. The topological polar surface area (TPSA) is 80.6 Å². The molecule has 2 N–H and O–H groups in total. The Labute approximate surface area is 177 Å². The van der Waals surface area contributed by atoms with E-state index < -0.39 is 23.3 Å². The number of anilines is 2. The number of rotatable bonds is 3. The molecule has 0 radical (unpaired) electrons. The molecule has 158 valence electrons. The van der Waals surface area contributed by atoms with Gasteiger partial charge in [-0.05, 0) is 43.8 Å². The van der Waals surface area contributed by atoms with Crippen LogP contribution in [0.2, 0.25) is 0 Å². The highest BCUT2D eigenvalue weighted by Crippen LogP contribution is 2.35. The lowest BCUT2D eigenvalue weighted by atomic mass is 10.1. The van der Waals surface area contributed by atoms with Crippen molar-refractivity contribution in [3.63, 3.8) is 0 Å². The fraction of sp³-hybridized carbons (Fsp3) is 0.211. The second kappa shape index (κ2) is 8.07. The predicted molar refractivity (Wildman–Crippen MR) is 112 cm³/mol. The van der Waals surface area contributed by atoms with Crippen LogP contribution in [-0.2, 0) is 10.9 Å². The molecule has 2 aromatic heterocycles. The van der Waals surface area contributed by atoms with Crippen molar-refractivity contribution in [2.75, 3.05) is 17.7 Å². The number of aryl methyl sites for hydroxylation is 1. The third-order valence-electron chi connectivity index (χ3n) is 4.31. The lowest BCUT2D eigenvalue weighted by Gasteiger charge is -2.12. The van der Waals surface area contributed by atoms with E-state index in [-0.39, 0.29) is 16.1 Å². The largest absolute Gasteiger partial charge is 0.465 e. The van der Waals surface area contributed by atoms with Crippen molar-refractivity contribution in [2.45, 2.75) is 20.0 Å². The van der Waals surface area contributed by atoms with Crippen LogP contribution >= 0.6 is 23.6 Å².